The standard InChI is InChI=1S/C22H26N4O/c1-15-8-7-9-16(2)21(15)25-20-14-17(3)24-22(26-20)23-13-12-18-10-5-6-11-19(18)27-4/h5-11,14H,12-13H2,1-4H3,(H2,23,24,25,26). The number of rotatable bonds is 7. The molecular formula is C22H26N4O. The molecule has 0 bridgehead atoms. The Morgan fingerprint density at radius 3 is 2.41 bits per heavy atom. The highest BCUT2D eigenvalue weighted by Crippen LogP contribution is 2.24. The summed E-state index contributed by atoms with van der Waals surface area (Å²) in [5.74, 6) is 2.32. The van der Waals surface area contributed by atoms with E-state index in [1.165, 1.54) is 11.1 Å². The molecule has 0 aliphatic carbocycles. The summed E-state index contributed by atoms with van der Waals surface area (Å²) in [5, 5.41) is 6.76. The third-order valence-electron chi connectivity index (χ3n) is 4.46. The average molecular weight is 362 g/mol. The summed E-state index contributed by atoms with van der Waals surface area (Å²) in [4.78, 5) is 9.12. The van der Waals surface area contributed by atoms with Gasteiger partial charge in [-0.3, -0.25) is 0 Å². The van der Waals surface area contributed by atoms with E-state index in [-0.39, 0.29) is 0 Å². The van der Waals surface area contributed by atoms with Crippen LogP contribution in [0.15, 0.2) is 48.5 Å². The highest BCUT2D eigenvalue weighted by molar-refractivity contribution is 5.65. The van der Waals surface area contributed by atoms with E-state index in [1.807, 2.05) is 31.2 Å². The van der Waals surface area contributed by atoms with Crippen molar-refractivity contribution < 1.29 is 4.74 Å². The summed E-state index contributed by atoms with van der Waals surface area (Å²) in [6.07, 6.45) is 0.834. The van der Waals surface area contributed by atoms with Crippen LogP contribution in [0.2, 0.25) is 0 Å². The molecule has 0 unspecified atom stereocenters. The van der Waals surface area contributed by atoms with E-state index in [0.717, 1.165) is 41.5 Å². The molecule has 0 fully saturated rings. The molecule has 1 aromatic heterocycles. The van der Waals surface area contributed by atoms with Gasteiger partial charge in [-0.2, -0.15) is 4.98 Å². The molecule has 0 aliphatic heterocycles. The van der Waals surface area contributed by atoms with Gasteiger partial charge in [0.2, 0.25) is 5.95 Å². The third-order valence-corrected chi connectivity index (χ3v) is 4.46. The van der Waals surface area contributed by atoms with Gasteiger partial charge in [0.1, 0.15) is 11.6 Å². The maximum absolute atomic E-state index is 5.41. The number of nitrogens with one attached hydrogen (secondary N) is 2. The molecule has 27 heavy (non-hydrogen) atoms. The van der Waals surface area contributed by atoms with Crippen LogP contribution in [0.5, 0.6) is 5.75 Å². The van der Waals surface area contributed by atoms with Gasteiger partial charge in [0.05, 0.1) is 7.11 Å². The molecule has 0 radical (unpaired) electrons. The molecule has 0 amide bonds. The van der Waals surface area contributed by atoms with Crippen LogP contribution in [0.25, 0.3) is 0 Å². The van der Waals surface area contributed by atoms with Gasteiger partial charge in [0.15, 0.2) is 0 Å². The van der Waals surface area contributed by atoms with Crippen LogP contribution in [0.3, 0.4) is 0 Å². The quantitative estimate of drug-likeness (QED) is 0.632. The van der Waals surface area contributed by atoms with Gasteiger partial charge in [-0.15, -0.1) is 0 Å². The minimum Gasteiger partial charge on any atom is -0.496 e. The maximum Gasteiger partial charge on any atom is 0.224 e. The van der Waals surface area contributed by atoms with Crippen LogP contribution in [0.4, 0.5) is 17.5 Å². The first-order valence-electron chi connectivity index (χ1n) is 9.11. The van der Waals surface area contributed by atoms with E-state index < -0.39 is 0 Å². The van der Waals surface area contributed by atoms with Gasteiger partial charge in [0.25, 0.3) is 0 Å². The van der Waals surface area contributed by atoms with Crippen LogP contribution >= 0.6 is 0 Å². The van der Waals surface area contributed by atoms with Gasteiger partial charge in [-0.1, -0.05) is 36.4 Å². The average Bonchev–Trinajstić information content (AvgIpc) is 2.65. The predicted molar refractivity (Wildman–Crippen MR) is 111 cm³/mol. The molecule has 3 rings (SSSR count). The monoisotopic (exact) mass is 362 g/mol. The van der Waals surface area contributed by atoms with Gasteiger partial charge < -0.3 is 15.4 Å². The van der Waals surface area contributed by atoms with Crippen molar-refractivity contribution in [2.45, 2.75) is 27.2 Å². The van der Waals surface area contributed by atoms with Crippen molar-refractivity contribution in [2.75, 3.05) is 24.3 Å². The van der Waals surface area contributed by atoms with Crippen LogP contribution < -0.4 is 15.4 Å². The second-order valence-electron chi connectivity index (χ2n) is 6.60. The van der Waals surface area contributed by atoms with Crippen molar-refractivity contribution in [2.24, 2.45) is 0 Å². The van der Waals surface area contributed by atoms with E-state index in [4.69, 9.17) is 4.74 Å². The largest absolute Gasteiger partial charge is 0.496 e. The number of para-hydroxylation sites is 2. The number of aryl methyl sites for hydroxylation is 3. The Bertz CT molecular complexity index is 904. The Balaban J connectivity index is 1.70. The number of methoxy groups -OCH3 is 1. The Labute approximate surface area is 160 Å². The molecule has 1 heterocycles. The second-order valence-corrected chi connectivity index (χ2v) is 6.60. The lowest BCUT2D eigenvalue weighted by Crippen LogP contribution is -2.10. The number of benzene rings is 2. The van der Waals surface area contributed by atoms with Gasteiger partial charge in [-0.05, 0) is 49.9 Å². The first kappa shape index (κ1) is 18.7. The number of hydrogen-bond donors (Lipinski definition) is 2. The summed E-state index contributed by atoms with van der Waals surface area (Å²) in [6.45, 7) is 6.89. The second kappa shape index (κ2) is 8.54. The molecule has 5 heteroatoms. The van der Waals surface area contributed by atoms with E-state index in [1.54, 1.807) is 7.11 Å². The van der Waals surface area contributed by atoms with E-state index in [0.29, 0.717) is 5.95 Å². The smallest absolute Gasteiger partial charge is 0.224 e. The molecular weight excluding hydrogens is 336 g/mol. The third kappa shape index (κ3) is 4.76. The van der Waals surface area contributed by atoms with Crippen LogP contribution in [-0.4, -0.2) is 23.6 Å². The van der Waals surface area contributed by atoms with Gasteiger partial charge >= 0.3 is 0 Å². The highest BCUT2D eigenvalue weighted by Gasteiger charge is 2.07. The summed E-state index contributed by atoms with van der Waals surface area (Å²) in [6, 6.07) is 16.3. The predicted octanol–water partition coefficient (Wildman–Crippen LogP) is 4.81. The zero-order valence-electron chi connectivity index (χ0n) is 16.3. The fourth-order valence-electron chi connectivity index (χ4n) is 3.07. The highest BCUT2D eigenvalue weighted by atomic mass is 16.5. The van der Waals surface area contributed by atoms with E-state index in [2.05, 4.69) is 58.7 Å². The number of aromatic nitrogens is 2. The Hall–Kier alpha value is -3.08. The summed E-state index contributed by atoms with van der Waals surface area (Å²) >= 11 is 0. The van der Waals surface area contributed by atoms with Crippen LogP contribution in [0, 0.1) is 20.8 Å². The number of hydrogen-bond acceptors (Lipinski definition) is 5. The molecule has 0 spiro atoms. The molecule has 0 saturated heterocycles. The normalized spacial score (nSPS) is 10.5. The lowest BCUT2D eigenvalue weighted by Gasteiger charge is -2.14. The first-order chi connectivity index (χ1) is 13.1. The van der Waals surface area contributed by atoms with Crippen molar-refractivity contribution in [3.63, 3.8) is 0 Å². The summed E-state index contributed by atoms with van der Waals surface area (Å²) < 4.78 is 5.41. The van der Waals surface area contributed by atoms with Gasteiger partial charge in [-0.25, -0.2) is 4.98 Å². The van der Waals surface area contributed by atoms with E-state index >= 15 is 0 Å². The molecule has 0 aliphatic rings. The number of anilines is 3. The van der Waals surface area contributed by atoms with Crippen molar-refractivity contribution in [1.82, 2.24) is 9.97 Å². The Morgan fingerprint density at radius 2 is 1.67 bits per heavy atom. The molecule has 5 nitrogen and oxygen atoms in total. The lowest BCUT2D eigenvalue weighted by molar-refractivity contribution is 0.410. The van der Waals surface area contributed by atoms with Crippen molar-refractivity contribution in [3.8, 4) is 5.75 Å². The van der Waals surface area contributed by atoms with E-state index in [9.17, 15) is 0 Å². The van der Waals surface area contributed by atoms with Crippen molar-refractivity contribution in [1.29, 1.82) is 0 Å². The zero-order valence-corrected chi connectivity index (χ0v) is 16.3. The van der Waals surface area contributed by atoms with Crippen molar-refractivity contribution in [3.05, 3.63) is 70.9 Å². The maximum atomic E-state index is 5.41. The molecule has 2 aromatic carbocycles. The zero-order chi connectivity index (χ0) is 19.2. The Morgan fingerprint density at radius 1 is 0.926 bits per heavy atom. The number of ether oxygens (including phenoxy) is 1. The summed E-state index contributed by atoms with van der Waals surface area (Å²) in [7, 11) is 1.70. The first-order valence-corrected chi connectivity index (χ1v) is 9.11. The Kier molecular flexibility index (Phi) is 5.91. The fourth-order valence-corrected chi connectivity index (χ4v) is 3.07. The molecule has 140 valence electrons. The van der Waals surface area contributed by atoms with Crippen LogP contribution in [-0.2, 0) is 6.42 Å². The molecule has 3 aromatic rings. The molecule has 0 saturated carbocycles. The fraction of sp³-hybridized carbons (Fsp3) is 0.273. The molecule has 0 atom stereocenters. The van der Waals surface area contributed by atoms with Crippen LogP contribution in [0.1, 0.15) is 22.4 Å². The SMILES string of the molecule is COc1ccccc1CCNc1nc(C)cc(Nc2c(C)cccc2C)n1. The molecule has 2 N–H and O–H groups in total. The lowest BCUT2D eigenvalue weighted by atomic mass is 10.1. The summed E-state index contributed by atoms with van der Waals surface area (Å²) in [5.41, 5.74) is 5.55. The van der Waals surface area contributed by atoms with Gasteiger partial charge in [0, 0.05) is 24.0 Å². The minimum absolute atomic E-state index is 0.624. The van der Waals surface area contributed by atoms with Crippen molar-refractivity contribution >= 4 is 17.5 Å². The topological polar surface area (TPSA) is 59.1 Å². The minimum atomic E-state index is 0.624. The number of nitrogens with zero attached hydrogens (tertiary/aromatic N) is 2.